The van der Waals surface area contributed by atoms with E-state index in [-0.39, 0.29) is 11.9 Å². The Bertz CT molecular complexity index is 522. The van der Waals surface area contributed by atoms with Crippen LogP contribution in [0.3, 0.4) is 0 Å². The minimum Gasteiger partial charge on any atom is -0.306 e. The molecule has 0 radical (unpaired) electrons. The van der Waals surface area contributed by atoms with Crippen molar-refractivity contribution in [2.75, 3.05) is 0 Å². The summed E-state index contributed by atoms with van der Waals surface area (Å²) in [7, 11) is 0. The van der Waals surface area contributed by atoms with Crippen molar-refractivity contribution in [3.05, 3.63) is 71.0 Å². The van der Waals surface area contributed by atoms with Crippen molar-refractivity contribution in [1.29, 1.82) is 0 Å². The van der Waals surface area contributed by atoms with Crippen LogP contribution >= 0.6 is 0 Å². The van der Waals surface area contributed by atoms with Crippen molar-refractivity contribution in [3.8, 4) is 0 Å². The molecule has 0 heterocycles. The summed E-state index contributed by atoms with van der Waals surface area (Å²) in [6.45, 7) is 4.80. The largest absolute Gasteiger partial charge is 0.306 e. The SMILES string of the molecule is Cc1cccc(CN[C@H](C)c2ccccc2F)c1. The number of hydrogen-bond acceptors (Lipinski definition) is 1. The van der Waals surface area contributed by atoms with E-state index in [0.29, 0.717) is 5.56 Å². The van der Waals surface area contributed by atoms with Gasteiger partial charge in [0.05, 0.1) is 0 Å². The van der Waals surface area contributed by atoms with E-state index in [1.54, 1.807) is 6.07 Å². The van der Waals surface area contributed by atoms with Gasteiger partial charge in [-0.25, -0.2) is 4.39 Å². The summed E-state index contributed by atoms with van der Waals surface area (Å²) in [6, 6.07) is 15.2. The third-order valence-electron chi connectivity index (χ3n) is 3.07. The van der Waals surface area contributed by atoms with E-state index >= 15 is 0 Å². The van der Waals surface area contributed by atoms with Gasteiger partial charge in [-0.2, -0.15) is 0 Å². The molecule has 0 bridgehead atoms. The standard InChI is InChI=1S/C16H18FN/c1-12-6-5-7-14(10-12)11-18-13(2)15-8-3-4-9-16(15)17/h3-10,13,18H,11H2,1-2H3/t13-/m1/s1. The molecule has 0 amide bonds. The van der Waals surface area contributed by atoms with Crippen molar-refractivity contribution < 1.29 is 4.39 Å². The maximum absolute atomic E-state index is 13.6. The van der Waals surface area contributed by atoms with Gasteiger partial charge in [-0.15, -0.1) is 0 Å². The van der Waals surface area contributed by atoms with Gasteiger partial charge in [0.2, 0.25) is 0 Å². The number of hydrogen-bond donors (Lipinski definition) is 1. The second kappa shape index (κ2) is 5.78. The molecule has 0 spiro atoms. The van der Waals surface area contributed by atoms with Gasteiger partial charge in [0.1, 0.15) is 5.82 Å². The Morgan fingerprint density at radius 1 is 1.11 bits per heavy atom. The summed E-state index contributed by atoms with van der Waals surface area (Å²) in [4.78, 5) is 0. The minimum absolute atomic E-state index is 0.00622. The van der Waals surface area contributed by atoms with E-state index in [9.17, 15) is 4.39 Å². The first-order valence-electron chi connectivity index (χ1n) is 6.20. The average Bonchev–Trinajstić information content (AvgIpc) is 2.37. The molecule has 2 rings (SSSR count). The molecule has 0 aromatic heterocycles. The van der Waals surface area contributed by atoms with Gasteiger partial charge in [-0.1, -0.05) is 48.0 Å². The molecule has 0 unspecified atom stereocenters. The van der Waals surface area contributed by atoms with E-state index in [1.807, 2.05) is 25.1 Å². The number of nitrogens with one attached hydrogen (secondary N) is 1. The summed E-state index contributed by atoms with van der Waals surface area (Å²) < 4.78 is 13.6. The molecule has 18 heavy (non-hydrogen) atoms. The van der Waals surface area contributed by atoms with Gasteiger partial charge in [0.15, 0.2) is 0 Å². The molecule has 0 saturated carbocycles. The molecular weight excluding hydrogens is 225 g/mol. The zero-order chi connectivity index (χ0) is 13.0. The van der Waals surface area contributed by atoms with Crippen molar-refractivity contribution in [2.45, 2.75) is 26.4 Å². The van der Waals surface area contributed by atoms with Crippen molar-refractivity contribution in [3.63, 3.8) is 0 Å². The van der Waals surface area contributed by atoms with E-state index < -0.39 is 0 Å². The van der Waals surface area contributed by atoms with Crippen LogP contribution in [-0.2, 0) is 6.54 Å². The molecule has 1 atom stereocenters. The first kappa shape index (κ1) is 12.8. The van der Waals surface area contributed by atoms with Gasteiger partial charge in [-0.3, -0.25) is 0 Å². The second-order valence-corrected chi connectivity index (χ2v) is 4.61. The zero-order valence-corrected chi connectivity index (χ0v) is 10.8. The van der Waals surface area contributed by atoms with Crippen molar-refractivity contribution in [2.24, 2.45) is 0 Å². The van der Waals surface area contributed by atoms with Gasteiger partial charge in [-0.05, 0) is 25.5 Å². The molecule has 0 aliphatic carbocycles. The quantitative estimate of drug-likeness (QED) is 0.856. The van der Waals surface area contributed by atoms with Crippen LogP contribution in [0.1, 0.15) is 29.7 Å². The van der Waals surface area contributed by atoms with Crippen LogP contribution in [0.4, 0.5) is 4.39 Å². The second-order valence-electron chi connectivity index (χ2n) is 4.61. The first-order chi connectivity index (χ1) is 8.66. The van der Waals surface area contributed by atoms with Crippen LogP contribution in [-0.4, -0.2) is 0 Å². The zero-order valence-electron chi connectivity index (χ0n) is 10.8. The molecule has 1 nitrogen and oxygen atoms in total. The highest BCUT2D eigenvalue weighted by Crippen LogP contribution is 2.16. The smallest absolute Gasteiger partial charge is 0.127 e. The Hall–Kier alpha value is -1.67. The van der Waals surface area contributed by atoms with Crippen LogP contribution in [0.2, 0.25) is 0 Å². The van der Waals surface area contributed by atoms with Crippen LogP contribution in [0.15, 0.2) is 48.5 Å². The van der Waals surface area contributed by atoms with Gasteiger partial charge >= 0.3 is 0 Å². The number of benzene rings is 2. The average molecular weight is 243 g/mol. The monoisotopic (exact) mass is 243 g/mol. The van der Waals surface area contributed by atoms with Crippen LogP contribution in [0.25, 0.3) is 0 Å². The fraction of sp³-hybridized carbons (Fsp3) is 0.250. The van der Waals surface area contributed by atoms with Gasteiger partial charge in [0.25, 0.3) is 0 Å². The van der Waals surface area contributed by atoms with E-state index in [2.05, 4.69) is 30.4 Å². The molecule has 0 saturated heterocycles. The van der Waals surface area contributed by atoms with E-state index in [4.69, 9.17) is 0 Å². The summed E-state index contributed by atoms with van der Waals surface area (Å²) >= 11 is 0. The lowest BCUT2D eigenvalue weighted by Gasteiger charge is -2.15. The van der Waals surface area contributed by atoms with Gasteiger partial charge in [0, 0.05) is 18.2 Å². The molecule has 0 aliphatic rings. The third kappa shape index (κ3) is 3.17. The highest BCUT2D eigenvalue weighted by molar-refractivity contribution is 5.23. The van der Waals surface area contributed by atoms with Gasteiger partial charge < -0.3 is 5.32 Å². The fourth-order valence-corrected chi connectivity index (χ4v) is 2.03. The fourth-order valence-electron chi connectivity index (χ4n) is 2.03. The maximum Gasteiger partial charge on any atom is 0.127 e. The summed E-state index contributed by atoms with van der Waals surface area (Å²) in [5, 5.41) is 3.34. The van der Waals surface area contributed by atoms with E-state index in [1.165, 1.54) is 17.2 Å². The maximum atomic E-state index is 13.6. The topological polar surface area (TPSA) is 12.0 Å². The van der Waals surface area contributed by atoms with Crippen molar-refractivity contribution >= 4 is 0 Å². The summed E-state index contributed by atoms with van der Waals surface area (Å²) in [5.74, 6) is -0.151. The van der Waals surface area contributed by atoms with Crippen LogP contribution in [0, 0.1) is 12.7 Å². The Morgan fingerprint density at radius 3 is 2.61 bits per heavy atom. The molecule has 2 aromatic rings. The number of rotatable bonds is 4. The Labute approximate surface area is 108 Å². The van der Waals surface area contributed by atoms with Crippen LogP contribution < -0.4 is 5.32 Å². The molecule has 2 heteroatoms. The Kier molecular flexibility index (Phi) is 4.11. The van der Waals surface area contributed by atoms with E-state index in [0.717, 1.165) is 6.54 Å². The predicted octanol–water partition coefficient (Wildman–Crippen LogP) is 3.98. The Balaban J connectivity index is 2.00. The third-order valence-corrected chi connectivity index (χ3v) is 3.07. The number of halogens is 1. The highest BCUT2D eigenvalue weighted by atomic mass is 19.1. The molecule has 1 N–H and O–H groups in total. The summed E-state index contributed by atoms with van der Waals surface area (Å²) in [6.07, 6.45) is 0. The summed E-state index contributed by atoms with van der Waals surface area (Å²) in [5.41, 5.74) is 3.18. The number of aryl methyl sites for hydroxylation is 1. The first-order valence-corrected chi connectivity index (χ1v) is 6.20. The normalized spacial score (nSPS) is 12.4. The van der Waals surface area contributed by atoms with Crippen LogP contribution in [0.5, 0.6) is 0 Å². The molecular formula is C16H18FN. The lowest BCUT2D eigenvalue weighted by atomic mass is 10.1. The lowest BCUT2D eigenvalue weighted by Crippen LogP contribution is -2.19. The molecule has 94 valence electrons. The molecule has 2 aromatic carbocycles. The molecule has 0 fully saturated rings. The highest BCUT2D eigenvalue weighted by Gasteiger charge is 2.09. The Morgan fingerprint density at radius 2 is 1.89 bits per heavy atom. The minimum atomic E-state index is -0.151. The molecule has 0 aliphatic heterocycles. The predicted molar refractivity (Wildman–Crippen MR) is 72.8 cm³/mol. The lowest BCUT2D eigenvalue weighted by molar-refractivity contribution is 0.528. The van der Waals surface area contributed by atoms with Crippen molar-refractivity contribution in [1.82, 2.24) is 5.32 Å².